The molecule has 0 aromatic heterocycles. The predicted molar refractivity (Wildman–Crippen MR) is 112 cm³/mol. The van der Waals surface area contributed by atoms with Gasteiger partial charge in [0.05, 0.1) is 12.1 Å². The molecule has 2 amide bonds. The molecule has 0 bridgehead atoms. The van der Waals surface area contributed by atoms with Gasteiger partial charge in [-0.2, -0.15) is 4.31 Å². The third kappa shape index (κ3) is 5.14. The summed E-state index contributed by atoms with van der Waals surface area (Å²) in [5.41, 5.74) is 0.912. The SMILES string of the molecule is COc1cccc(CNC(=O)N2CCN(S(=O)(=O)c3cc(Cl)ccc3Cl)CC2)c1. The topological polar surface area (TPSA) is 79.0 Å². The molecule has 1 aliphatic rings. The molecule has 0 unspecified atom stereocenters. The molecule has 1 saturated heterocycles. The van der Waals surface area contributed by atoms with Crippen LogP contribution in [0, 0.1) is 0 Å². The number of nitrogens with one attached hydrogen (secondary N) is 1. The van der Waals surface area contributed by atoms with E-state index in [0.717, 1.165) is 11.3 Å². The summed E-state index contributed by atoms with van der Waals surface area (Å²) < 4.78 is 32.2. The number of urea groups is 1. The number of hydrogen-bond donors (Lipinski definition) is 1. The second-order valence-electron chi connectivity index (χ2n) is 6.48. The molecular weight excluding hydrogens is 437 g/mol. The van der Waals surface area contributed by atoms with Gasteiger partial charge < -0.3 is 15.0 Å². The van der Waals surface area contributed by atoms with Crippen molar-refractivity contribution in [1.82, 2.24) is 14.5 Å². The van der Waals surface area contributed by atoms with Crippen molar-refractivity contribution in [3.8, 4) is 5.75 Å². The molecule has 1 heterocycles. The average Bonchev–Trinajstić information content (AvgIpc) is 2.74. The Hall–Kier alpha value is -2.00. The Morgan fingerprint density at radius 1 is 1.10 bits per heavy atom. The van der Waals surface area contributed by atoms with Crippen LogP contribution in [-0.2, 0) is 16.6 Å². The van der Waals surface area contributed by atoms with E-state index in [1.165, 1.54) is 22.5 Å². The lowest BCUT2D eigenvalue weighted by Gasteiger charge is -2.34. The molecule has 2 aromatic carbocycles. The molecule has 0 atom stereocenters. The summed E-state index contributed by atoms with van der Waals surface area (Å²) in [5.74, 6) is 0.718. The Morgan fingerprint density at radius 3 is 2.52 bits per heavy atom. The molecule has 29 heavy (non-hydrogen) atoms. The summed E-state index contributed by atoms with van der Waals surface area (Å²) in [6.45, 7) is 1.27. The van der Waals surface area contributed by atoms with Crippen molar-refractivity contribution < 1.29 is 17.9 Å². The minimum Gasteiger partial charge on any atom is -0.497 e. The van der Waals surface area contributed by atoms with Crippen LogP contribution in [0.3, 0.4) is 0 Å². The summed E-state index contributed by atoms with van der Waals surface area (Å²) >= 11 is 12.0. The van der Waals surface area contributed by atoms with Crippen LogP contribution in [0.2, 0.25) is 10.0 Å². The summed E-state index contributed by atoms with van der Waals surface area (Å²) in [7, 11) is -2.20. The van der Waals surface area contributed by atoms with Gasteiger partial charge in [-0.25, -0.2) is 13.2 Å². The molecule has 0 spiro atoms. The molecule has 0 saturated carbocycles. The van der Waals surface area contributed by atoms with Crippen molar-refractivity contribution >= 4 is 39.3 Å². The van der Waals surface area contributed by atoms with Crippen molar-refractivity contribution in [2.75, 3.05) is 33.3 Å². The summed E-state index contributed by atoms with van der Waals surface area (Å²) in [6, 6.07) is 11.5. The number of halogens is 2. The number of carbonyl (C=O) groups excluding carboxylic acids is 1. The van der Waals surface area contributed by atoms with E-state index >= 15 is 0 Å². The van der Waals surface area contributed by atoms with E-state index in [1.54, 1.807) is 12.0 Å². The Kier molecular flexibility index (Phi) is 6.89. The third-order valence-electron chi connectivity index (χ3n) is 4.61. The van der Waals surface area contributed by atoms with Crippen LogP contribution in [0.15, 0.2) is 47.4 Å². The average molecular weight is 458 g/mol. The zero-order valence-corrected chi connectivity index (χ0v) is 18.1. The molecule has 1 aliphatic heterocycles. The second-order valence-corrected chi connectivity index (χ2v) is 9.23. The number of methoxy groups -OCH3 is 1. The van der Waals surface area contributed by atoms with Crippen molar-refractivity contribution in [2.45, 2.75) is 11.4 Å². The summed E-state index contributed by atoms with van der Waals surface area (Å²) in [5, 5.41) is 3.26. The molecule has 3 rings (SSSR count). The van der Waals surface area contributed by atoms with Gasteiger partial charge >= 0.3 is 6.03 Å². The van der Waals surface area contributed by atoms with E-state index in [-0.39, 0.29) is 42.1 Å². The van der Waals surface area contributed by atoms with Gasteiger partial charge in [0.2, 0.25) is 10.0 Å². The van der Waals surface area contributed by atoms with E-state index in [1.807, 2.05) is 24.3 Å². The van der Waals surface area contributed by atoms with Crippen molar-refractivity contribution in [3.63, 3.8) is 0 Å². The quantitative estimate of drug-likeness (QED) is 0.747. The van der Waals surface area contributed by atoms with Gasteiger partial charge in [-0.05, 0) is 35.9 Å². The highest BCUT2D eigenvalue weighted by molar-refractivity contribution is 7.89. The zero-order valence-electron chi connectivity index (χ0n) is 15.8. The lowest BCUT2D eigenvalue weighted by molar-refractivity contribution is 0.172. The molecular formula is C19H21Cl2N3O4S. The van der Waals surface area contributed by atoms with Crippen LogP contribution in [0.1, 0.15) is 5.56 Å². The maximum atomic E-state index is 12.9. The first kappa shape index (κ1) is 21.7. The van der Waals surface area contributed by atoms with Gasteiger partial charge in [-0.15, -0.1) is 0 Å². The minimum atomic E-state index is -3.78. The Balaban J connectivity index is 1.58. The predicted octanol–water partition coefficient (Wildman–Crippen LogP) is 3.22. The van der Waals surface area contributed by atoms with Crippen LogP contribution in [-0.4, -0.2) is 56.9 Å². The van der Waals surface area contributed by atoms with Crippen LogP contribution < -0.4 is 10.1 Å². The number of carbonyl (C=O) groups is 1. The number of sulfonamides is 1. The smallest absolute Gasteiger partial charge is 0.317 e. The number of nitrogens with zero attached hydrogens (tertiary/aromatic N) is 2. The standard InChI is InChI=1S/C19H21Cl2N3O4S/c1-28-16-4-2-3-14(11-16)13-22-19(25)23-7-9-24(10-8-23)29(26,27)18-12-15(20)5-6-17(18)21/h2-6,11-12H,7-10,13H2,1H3,(H,22,25). The third-order valence-corrected chi connectivity index (χ3v) is 7.23. The van der Waals surface area contributed by atoms with Gasteiger partial charge in [0.1, 0.15) is 10.6 Å². The number of benzene rings is 2. The Labute approximate surface area is 180 Å². The van der Waals surface area contributed by atoms with Gasteiger partial charge in [-0.1, -0.05) is 35.3 Å². The highest BCUT2D eigenvalue weighted by Crippen LogP contribution is 2.28. The monoisotopic (exact) mass is 457 g/mol. The molecule has 1 fully saturated rings. The maximum Gasteiger partial charge on any atom is 0.317 e. The summed E-state index contributed by atoms with van der Waals surface area (Å²) in [4.78, 5) is 14.0. The van der Waals surface area contributed by atoms with Crippen LogP contribution in [0.5, 0.6) is 5.75 Å². The lowest BCUT2D eigenvalue weighted by Crippen LogP contribution is -2.53. The molecule has 0 aliphatic carbocycles. The van der Waals surface area contributed by atoms with Crippen LogP contribution in [0.4, 0.5) is 4.79 Å². The number of hydrogen-bond acceptors (Lipinski definition) is 4. The Bertz CT molecular complexity index is 993. The fraction of sp³-hybridized carbons (Fsp3) is 0.316. The molecule has 1 N–H and O–H groups in total. The number of ether oxygens (including phenoxy) is 1. The van der Waals surface area contributed by atoms with Crippen molar-refractivity contribution in [3.05, 3.63) is 58.1 Å². The first-order chi connectivity index (χ1) is 13.8. The second kappa shape index (κ2) is 9.21. The number of piperazine rings is 1. The van der Waals surface area contributed by atoms with E-state index in [9.17, 15) is 13.2 Å². The maximum absolute atomic E-state index is 12.9. The molecule has 10 heteroatoms. The fourth-order valence-electron chi connectivity index (χ4n) is 3.02. The van der Waals surface area contributed by atoms with E-state index in [2.05, 4.69) is 5.32 Å². The first-order valence-corrected chi connectivity index (χ1v) is 11.1. The summed E-state index contributed by atoms with van der Waals surface area (Å²) in [6.07, 6.45) is 0. The fourth-order valence-corrected chi connectivity index (χ4v) is 5.18. The largest absolute Gasteiger partial charge is 0.497 e. The van der Waals surface area contributed by atoms with Crippen molar-refractivity contribution in [2.24, 2.45) is 0 Å². The van der Waals surface area contributed by atoms with Gasteiger partial charge in [0.15, 0.2) is 0 Å². The first-order valence-electron chi connectivity index (χ1n) is 8.92. The number of amides is 2. The highest BCUT2D eigenvalue weighted by atomic mass is 35.5. The molecule has 7 nitrogen and oxygen atoms in total. The van der Waals surface area contributed by atoms with Gasteiger partial charge in [0, 0.05) is 37.7 Å². The van der Waals surface area contributed by atoms with Crippen LogP contribution >= 0.6 is 23.2 Å². The highest BCUT2D eigenvalue weighted by Gasteiger charge is 2.31. The van der Waals surface area contributed by atoms with E-state index in [0.29, 0.717) is 11.6 Å². The minimum absolute atomic E-state index is 0.0254. The van der Waals surface area contributed by atoms with E-state index < -0.39 is 10.0 Å². The Morgan fingerprint density at radius 2 is 1.83 bits per heavy atom. The van der Waals surface area contributed by atoms with E-state index in [4.69, 9.17) is 27.9 Å². The van der Waals surface area contributed by atoms with Crippen molar-refractivity contribution in [1.29, 1.82) is 0 Å². The molecule has 2 aromatic rings. The van der Waals surface area contributed by atoms with Crippen LogP contribution in [0.25, 0.3) is 0 Å². The van der Waals surface area contributed by atoms with Gasteiger partial charge in [-0.3, -0.25) is 0 Å². The van der Waals surface area contributed by atoms with Gasteiger partial charge in [0.25, 0.3) is 0 Å². The molecule has 0 radical (unpaired) electrons. The normalized spacial score (nSPS) is 15.2. The molecule has 156 valence electrons. The lowest BCUT2D eigenvalue weighted by atomic mass is 10.2. The zero-order chi connectivity index (χ0) is 21.0. The number of rotatable bonds is 5.